The smallest absolute Gasteiger partial charge is 0.251 e. The molecule has 1 saturated heterocycles. The van der Waals surface area contributed by atoms with Gasteiger partial charge in [-0.05, 0) is 25.3 Å². The van der Waals surface area contributed by atoms with Crippen LogP contribution in [0.5, 0.6) is 0 Å². The lowest BCUT2D eigenvalue weighted by atomic mass is 10.1. The van der Waals surface area contributed by atoms with Crippen LogP contribution in [0.25, 0.3) is 0 Å². The summed E-state index contributed by atoms with van der Waals surface area (Å²) in [6.45, 7) is 3.16. The summed E-state index contributed by atoms with van der Waals surface area (Å²) < 4.78 is 5.63. The fourth-order valence-corrected chi connectivity index (χ4v) is 2.35. The molecule has 1 aliphatic heterocycles. The van der Waals surface area contributed by atoms with Gasteiger partial charge in [-0.15, -0.1) is 0 Å². The van der Waals surface area contributed by atoms with Crippen molar-refractivity contribution in [3.63, 3.8) is 0 Å². The Morgan fingerprint density at radius 3 is 2.63 bits per heavy atom. The van der Waals surface area contributed by atoms with Crippen LogP contribution < -0.4 is 5.73 Å². The van der Waals surface area contributed by atoms with Crippen molar-refractivity contribution in [3.05, 3.63) is 35.4 Å². The Kier molecular flexibility index (Phi) is 4.56. The molecule has 1 amide bonds. The number of aryl methyl sites for hydroxylation is 1. The number of likely N-dealkylation sites (N-methyl/N-ethyl adjacent to an activating group) is 1. The maximum atomic E-state index is 12.2. The van der Waals surface area contributed by atoms with Crippen molar-refractivity contribution < 1.29 is 9.53 Å². The number of ether oxygens (including phenoxy) is 1. The van der Waals surface area contributed by atoms with Gasteiger partial charge in [0, 0.05) is 20.1 Å². The average molecular weight is 262 g/mol. The first-order valence-electron chi connectivity index (χ1n) is 6.76. The van der Waals surface area contributed by atoms with Crippen molar-refractivity contribution in [2.24, 2.45) is 5.73 Å². The maximum absolute atomic E-state index is 12.2. The Labute approximate surface area is 114 Å². The molecule has 0 saturated carbocycles. The van der Waals surface area contributed by atoms with E-state index in [1.165, 1.54) is 5.56 Å². The summed E-state index contributed by atoms with van der Waals surface area (Å²) in [5.74, 6) is 0.0523. The maximum Gasteiger partial charge on any atom is 0.251 e. The van der Waals surface area contributed by atoms with Crippen molar-refractivity contribution in [2.45, 2.75) is 38.5 Å². The van der Waals surface area contributed by atoms with Gasteiger partial charge in [-0.1, -0.05) is 29.8 Å². The zero-order chi connectivity index (χ0) is 13.8. The largest absolute Gasteiger partial charge is 0.364 e. The van der Waals surface area contributed by atoms with Crippen LogP contribution in [0.4, 0.5) is 0 Å². The molecule has 1 aromatic rings. The first kappa shape index (κ1) is 14.0. The number of nitrogens with two attached hydrogens (primary N) is 1. The van der Waals surface area contributed by atoms with Crippen molar-refractivity contribution in [3.8, 4) is 0 Å². The number of hydrogen-bond acceptors (Lipinski definition) is 3. The molecule has 2 rings (SSSR count). The molecular formula is C15H22N2O2. The van der Waals surface area contributed by atoms with Gasteiger partial charge in [0.1, 0.15) is 6.10 Å². The van der Waals surface area contributed by atoms with Crippen molar-refractivity contribution >= 4 is 5.91 Å². The molecule has 2 atom stereocenters. The van der Waals surface area contributed by atoms with Gasteiger partial charge in [0.15, 0.2) is 0 Å². The van der Waals surface area contributed by atoms with Crippen molar-refractivity contribution in [2.75, 3.05) is 13.6 Å². The zero-order valence-electron chi connectivity index (χ0n) is 11.6. The molecule has 0 bridgehead atoms. The van der Waals surface area contributed by atoms with E-state index in [4.69, 9.17) is 10.5 Å². The molecule has 0 aromatic heterocycles. The molecule has 0 aliphatic carbocycles. The van der Waals surface area contributed by atoms with Gasteiger partial charge in [0.05, 0.1) is 6.10 Å². The Hall–Kier alpha value is -1.39. The molecule has 2 unspecified atom stereocenters. The van der Waals surface area contributed by atoms with E-state index in [0.29, 0.717) is 13.1 Å². The third kappa shape index (κ3) is 3.55. The molecule has 104 valence electrons. The monoisotopic (exact) mass is 262 g/mol. The average Bonchev–Trinajstić information content (AvgIpc) is 2.89. The molecular weight excluding hydrogens is 240 g/mol. The summed E-state index contributed by atoms with van der Waals surface area (Å²) >= 11 is 0. The standard InChI is InChI=1S/C15H22N2O2/c1-11-3-5-12(6-4-11)10-17(2)15(18)14-8-7-13(9-16)19-14/h3-6,13-14H,7-10,16H2,1-2H3. The molecule has 4 heteroatoms. The predicted molar refractivity (Wildman–Crippen MR) is 74.6 cm³/mol. The van der Waals surface area contributed by atoms with Gasteiger partial charge >= 0.3 is 0 Å². The van der Waals surface area contributed by atoms with E-state index in [2.05, 4.69) is 31.2 Å². The van der Waals surface area contributed by atoms with Crippen LogP contribution in [0.1, 0.15) is 24.0 Å². The summed E-state index contributed by atoms with van der Waals surface area (Å²) in [5.41, 5.74) is 7.92. The van der Waals surface area contributed by atoms with E-state index < -0.39 is 0 Å². The number of hydrogen-bond donors (Lipinski definition) is 1. The van der Waals surface area contributed by atoms with Gasteiger partial charge in [0.25, 0.3) is 5.91 Å². The summed E-state index contributed by atoms with van der Waals surface area (Å²) in [6.07, 6.45) is 1.38. The van der Waals surface area contributed by atoms with E-state index in [-0.39, 0.29) is 18.1 Å². The first-order chi connectivity index (χ1) is 9.10. The molecule has 1 heterocycles. The third-order valence-corrected chi connectivity index (χ3v) is 3.56. The number of carbonyl (C=O) groups is 1. The molecule has 2 N–H and O–H groups in total. The minimum atomic E-state index is -0.316. The summed E-state index contributed by atoms with van der Waals surface area (Å²) in [4.78, 5) is 14.0. The van der Waals surface area contributed by atoms with Crippen LogP contribution in [0.3, 0.4) is 0 Å². The number of amides is 1. The number of nitrogens with zero attached hydrogens (tertiary/aromatic N) is 1. The van der Waals surface area contributed by atoms with E-state index in [0.717, 1.165) is 18.4 Å². The van der Waals surface area contributed by atoms with Gasteiger partial charge in [-0.2, -0.15) is 0 Å². The van der Waals surface area contributed by atoms with E-state index in [9.17, 15) is 4.79 Å². The quantitative estimate of drug-likeness (QED) is 0.893. The van der Waals surface area contributed by atoms with Gasteiger partial charge in [0.2, 0.25) is 0 Å². The highest BCUT2D eigenvalue weighted by Crippen LogP contribution is 2.21. The SMILES string of the molecule is Cc1ccc(CN(C)C(=O)C2CCC(CN)O2)cc1. The molecule has 0 spiro atoms. The summed E-state index contributed by atoms with van der Waals surface area (Å²) in [6, 6.07) is 8.23. The van der Waals surface area contributed by atoms with Crippen LogP contribution in [-0.2, 0) is 16.1 Å². The van der Waals surface area contributed by atoms with Crippen LogP contribution in [0, 0.1) is 6.92 Å². The second-order valence-corrected chi connectivity index (χ2v) is 5.24. The Morgan fingerprint density at radius 2 is 2.05 bits per heavy atom. The van der Waals surface area contributed by atoms with Crippen molar-refractivity contribution in [1.82, 2.24) is 4.90 Å². The molecule has 1 aliphatic rings. The van der Waals surface area contributed by atoms with Gasteiger partial charge in [-0.3, -0.25) is 4.79 Å². The van der Waals surface area contributed by atoms with Crippen molar-refractivity contribution in [1.29, 1.82) is 0 Å². The second-order valence-electron chi connectivity index (χ2n) is 5.24. The lowest BCUT2D eigenvalue weighted by Gasteiger charge is -2.21. The highest BCUT2D eigenvalue weighted by Gasteiger charge is 2.31. The van der Waals surface area contributed by atoms with Crippen LogP contribution in [0.15, 0.2) is 24.3 Å². The van der Waals surface area contributed by atoms with E-state index >= 15 is 0 Å². The van der Waals surface area contributed by atoms with Gasteiger partial charge < -0.3 is 15.4 Å². The molecule has 19 heavy (non-hydrogen) atoms. The third-order valence-electron chi connectivity index (χ3n) is 3.56. The van der Waals surface area contributed by atoms with Crippen LogP contribution in [0.2, 0.25) is 0 Å². The fourth-order valence-electron chi connectivity index (χ4n) is 2.35. The number of rotatable bonds is 4. The highest BCUT2D eigenvalue weighted by atomic mass is 16.5. The Morgan fingerprint density at radius 1 is 1.37 bits per heavy atom. The minimum absolute atomic E-state index is 0.0433. The number of carbonyl (C=O) groups excluding carboxylic acids is 1. The van der Waals surface area contributed by atoms with Crippen LogP contribution >= 0.6 is 0 Å². The molecule has 4 nitrogen and oxygen atoms in total. The zero-order valence-corrected chi connectivity index (χ0v) is 11.6. The minimum Gasteiger partial charge on any atom is -0.364 e. The molecule has 1 fully saturated rings. The molecule has 1 aromatic carbocycles. The predicted octanol–water partition coefficient (Wildman–Crippen LogP) is 1.46. The Bertz CT molecular complexity index is 430. The normalized spacial score (nSPS) is 22.5. The number of benzene rings is 1. The lowest BCUT2D eigenvalue weighted by molar-refractivity contribution is -0.141. The highest BCUT2D eigenvalue weighted by molar-refractivity contribution is 5.81. The molecule has 0 radical (unpaired) electrons. The van der Waals surface area contributed by atoms with Crippen LogP contribution in [-0.4, -0.2) is 36.6 Å². The second kappa shape index (κ2) is 6.17. The van der Waals surface area contributed by atoms with E-state index in [1.807, 2.05) is 7.05 Å². The topological polar surface area (TPSA) is 55.6 Å². The Balaban J connectivity index is 1.91. The summed E-state index contributed by atoms with van der Waals surface area (Å²) in [5, 5.41) is 0. The van der Waals surface area contributed by atoms with Gasteiger partial charge in [-0.25, -0.2) is 0 Å². The lowest BCUT2D eigenvalue weighted by Crippen LogP contribution is -2.36. The first-order valence-corrected chi connectivity index (χ1v) is 6.76. The van der Waals surface area contributed by atoms with E-state index in [1.54, 1.807) is 4.90 Å². The summed E-state index contributed by atoms with van der Waals surface area (Å²) in [7, 11) is 1.82. The fraction of sp³-hybridized carbons (Fsp3) is 0.533.